The number of anilines is 1. The highest BCUT2D eigenvalue weighted by Crippen LogP contribution is 2.27. The molecular weight excluding hydrogens is 288 g/mol. The predicted molar refractivity (Wildman–Crippen MR) is 71.0 cm³/mol. The number of hydrogen-bond acceptors (Lipinski definition) is 3. The first-order valence-corrected chi connectivity index (χ1v) is 6.58. The van der Waals surface area contributed by atoms with Crippen molar-refractivity contribution in [3.05, 3.63) is 22.3 Å². The molecule has 2 heterocycles. The van der Waals surface area contributed by atoms with Crippen molar-refractivity contribution in [1.29, 1.82) is 0 Å². The van der Waals surface area contributed by atoms with E-state index in [-0.39, 0.29) is 5.91 Å². The first-order valence-electron chi connectivity index (χ1n) is 5.16. The van der Waals surface area contributed by atoms with Gasteiger partial charge in [0.25, 0.3) is 0 Å². The van der Waals surface area contributed by atoms with E-state index in [4.69, 9.17) is 0 Å². The summed E-state index contributed by atoms with van der Waals surface area (Å²) in [5.74, 6) is 2.00. The summed E-state index contributed by atoms with van der Waals surface area (Å²) in [6.07, 6.45) is 0.580. The second-order valence-corrected chi connectivity index (χ2v) is 5.21. The van der Waals surface area contributed by atoms with Gasteiger partial charge in [-0.05, 0) is 46.2 Å². The molecule has 1 fully saturated rings. The molecule has 16 heavy (non-hydrogen) atoms. The summed E-state index contributed by atoms with van der Waals surface area (Å²) < 4.78 is 0.759. The van der Waals surface area contributed by atoms with Crippen LogP contribution in [0.25, 0.3) is 0 Å². The Morgan fingerprint density at radius 1 is 1.62 bits per heavy atom. The smallest absolute Gasteiger partial charge is 0.228 e. The average molecular weight is 301 g/mol. The zero-order valence-corrected chi connectivity index (χ0v) is 11.5. The number of carbonyl (C=O) groups excluding carboxylic acids is 1. The van der Waals surface area contributed by atoms with Crippen LogP contribution in [0.1, 0.15) is 12.0 Å². The first-order chi connectivity index (χ1) is 7.61. The van der Waals surface area contributed by atoms with E-state index in [0.717, 1.165) is 28.3 Å². The van der Waals surface area contributed by atoms with Gasteiger partial charge in [-0.25, -0.2) is 4.98 Å². The van der Waals surface area contributed by atoms with Gasteiger partial charge in [-0.1, -0.05) is 6.07 Å². The van der Waals surface area contributed by atoms with E-state index in [0.29, 0.717) is 12.3 Å². The van der Waals surface area contributed by atoms with Crippen LogP contribution in [0.2, 0.25) is 0 Å². The Morgan fingerprint density at radius 2 is 2.38 bits per heavy atom. The molecule has 5 heteroatoms. The van der Waals surface area contributed by atoms with Crippen LogP contribution in [0, 0.1) is 12.8 Å². The number of carbonyl (C=O) groups is 1. The molecule has 3 nitrogen and oxygen atoms in total. The minimum Gasteiger partial charge on any atom is -0.296 e. The normalized spacial score (nSPS) is 20.6. The van der Waals surface area contributed by atoms with Gasteiger partial charge in [-0.3, -0.25) is 9.69 Å². The molecule has 1 aromatic rings. The number of hydrogen-bond donors (Lipinski definition) is 1. The van der Waals surface area contributed by atoms with Crippen LogP contribution in [0.3, 0.4) is 0 Å². The number of nitrogens with zero attached hydrogens (tertiary/aromatic N) is 2. The standard InChI is InChI=1S/C11H13BrN2OS/c1-7-2-3-9(12)13-11(7)14-5-8(6-16)4-10(14)15/h2-3,8,16H,4-6H2,1H3. The van der Waals surface area contributed by atoms with Crippen molar-refractivity contribution in [1.82, 2.24) is 4.98 Å². The lowest BCUT2D eigenvalue weighted by Gasteiger charge is -2.17. The van der Waals surface area contributed by atoms with Gasteiger partial charge in [-0.15, -0.1) is 0 Å². The van der Waals surface area contributed by atoms with E-state index >= 15 is 0 Å². The third-order valence-corrected chi connectivity index (χ3v) is 3.71. The first kappa shape index (κ1) is 11.9. The van der Waals surface area contributed by atoms with Gasteiger partial charge in [0.05, 0.1) is 0 Å². The quantitative estimate of drug-likeness (QED) is 0.672. The highest BCUT2D eigenvalue weighted by atomic mass is 79.9. The van der Waals surface area contributed by atoms with Gasteiger partial charge in [0.1, 0.15) is 10.4 Å². The monoisotopic (exact) mass is 300 g/mol. The molecule has 1 aromatic heterocycles. The lowest BCUT2D eigenvalue weighted by Crippen LogP contribution is -2.26. The molecule has 0 aromatic carbocycles. The summed E-state index contributed by atoms with van der Waals surface area (Å²) >= 11 is 7.58. The molecule has 1 aliphatic heterocycles. The fourth-order valence-corrected chi connectivity index (χ4v) is 2.42. The SMILES string of the molecule is Cc1ccc(Br)nc1N1CC(CS)CC1=O. The summed E-state index contributed by atoms with van der Waals surface area (Å²) in [5, 5.41) is 0. The van der Waals surface area contributed by atoms with Crippen molar-refractivity contribution in [3.8, 4) is 0 Å². The van der Waals surface area contributed by atoms with E-state index in [9.17, 15) is 4.79 Å². The fourth-order valence-electron chi connectivity index (χ4n) is 1.88. The molecule has 1 aliphatic rings. The lowest BCUT2D eigenvalue weighted by molar-refractivity contribution is -0.117. The molecule has 0 spiro atoms. The summed E-state index contributed by atoms with van der Waals surface area (Å²) in [5.41, 5.74) is 1.02. The Kier molecular flexibility index (Phi) is 3.54. The van der Waals surface area contributed by atoms with Crippen molar-refractivity contribution in [3.63, 3.8) is 0 Å². The fraction of sp³-hybridized carbons (Fsp3) is 0.455. The highest BCUT2D eigenvalue weighted by Gasteiger charge is 2.31. The lowest BCUT2D eigenvalue weighted by atomic mass is 10.1. The Hall–Kier alpha value is -0.550. The molecule has 0 radical (unpaired) electrons. The van der Waals surface area contributed by atoms with Gasteiger partial charge in [0.15, 0.2) is 0 Å². The minimum absolute atomic E-state index is 0.146. The molecule has 1 saturated heterocycles. The Balaban J connectivity index is 2.30. The van der Waals surface area contributed by atoms with Crippen molar-refractivity contribution in [2.75, 3.05) is 17.2 Å². The van der Waals surface area contributed by atoms with Gasteiger partial charge in [0, 0.05) is 13.0 Å². The van der Waals surface area contributed by atoms with E-state index in [1.807, 2.05) is 19.1 Å². The largest absolute Gasteiger partial charge is 0.296 e. The highest BCUT2D eigenvalue weighted by molar-refractivity contribution is 9.10. The van der Waals surface area contributed by atoms with Crippen LogP contribution in [-0.2, 0) is 4.79 Å². The minimum atomic E-state index is 0.146. The summed E-state index contributed by atoms with van der Waals surface area (Å²) in [4.78, 5) is 18.0. The van der Waals surface area contributed by atoms with Crippen molar-refractivity contribution in [2.45, 2.75) is 13.3 Å². The van der Waals surface area contributed by atoms with Crippen LogP contribution in [0.15, 0.2) is 16.7 Å². The third kappa shape index (κ3) is 2.25. The predicted octanol–water partition coefficient (Wildman–Crippen LogP) is 2.44. The maximum Gasteiger partial charge on any atom is 0.228 e. The summed E-state index contributed by atoms with van der Waals surface area (Å²) in [7, 11) is 0. The second kappa shape index (κ2) is 4.75. The number of pyridine rings is 1. The van der Waals surface area contributed by atoms with Crippen molar-refractivity contribution < 1.29 is 4.79 Å². The van der Waals surface area contributed by atoms with Crippen LogP contribution in [0.4, 0.5) is 5.82 Å². The second-order valence-electron chi connectivity index (χ2n) is 4.03. The van der Waals surface area contributed by atoms with E-state index in [1.165, 1.54) is 0 Å². The summed E-state index contributed by atoms with van der Waals surface area (Å²) in [6, 6.07) is 3.85. The molecule has 0 N–H and O–H groups in total. The Morgan fingerprint density at radius 3 is 3.00 bits per heavy atom. The van der Waals surface area contributed by atoms with Gasteiger partial charge in [-0.2, -0.15) is 12.6 Å². The maximum atomic E-state index is 11.8. The third-order valence-electron chi connectivity index (χ3n) is 2.76. The van der Waals surface area contributed by atoms with Crippen LogP contribution >= 0.6 is 28.6 Å². The molecule has 1 amide bonds. The van der Waals surface area contributed by atoms with Gasteiger partial charge in [0.2, 0.25) is 5.91 Å². The molecule has 2 rings (SSSR count). The average Bonchev–Trinajstić information content (AvgIpc) is 2.63. The van der Waals surface area contributed by atoms with Gasteiger partial charge >= 0.3 is 0 Å². The number of rotatable bonds is 2. The van der Waals surface area contributed by atoms with Crippen molar-refractivity contribution >= 4 is 40.3 Å². The van der Waals surface area contributed by atoms with Crippen LogP contribution in [0.5, 0.6) is 0 Å². The number of halogens is 1. The Labute approximate surface area is 109 Å². The van der Waals surface area contributed by atoms with E-state index < -0.39 is 0 Å². The molecule has 1 unspecified atom stereocenters. The number of aromatic nitrogens is 1. The number of aryl methyl sites for hydroxylation is 1. The molecule has 0 aliphatic carbocycles. The zero-order chi connectivity index (χ0) is 11.7. The zero-order valence-electron chi connectivity index (χ0n) is 8.98. The van der Waals surface area contributed by atoms with E-state index in [1.54, 1.807) is 4.90 Å². The van der Waals surface area contributed by atoms with Gasteiger partial charge < -0.3 is 0 Å². The topological polar surface area (TPSA) is 33.2 Å². The molecule has 86 valence electrons. The van der Waals surface area contributed by atoms with Crippen LogP contribution < -0.4 is 4.90 Å². The molecule has 1 atom stereocenters. The van der Waals surface area contributed by atoms with Crippen molar-refractivity contribution in [2.24, 2.45) is 5.92 Å². The summed E-state index contributed by atoms with van der Waals surface area (Å²) in [6.45, 7) is 2.70. The maximum absolute atomic E-state index is 11.8. The number of thiol groups is 1. The van der Waals surface area contributed by atoms with Crippen LogP contribution in [-0.4, -0.2) is 23.2 Å². The molecular formula is C11H13BrN2OS. The molecule has 0 saturated carbocycles. The number of amides is 1. The Bertz CT molecular complexity index is 424. The van der Waals surface area contributed by atoms with E-state index in [2.05, 4.69) is 33.5 Å². The molecule has 0 bridgehead atoms.